The molecular weight excluding hydrogens is 338 g/mol. The van der Waals surface area contributed by atoms with Gasteiger partial charge in [-0.3, -0.25) is 9.59 Å². The molecule has 0 saturated carbocycles. The van der Waals surface area contributed by atoms with Crippen LogP contribution in [0.2, 0.25) is 0 Å². The number of hydrogen-bond acceptors (Lipinski definition) is 3. The minimum absolute atomic E-state index is 0.197. The Morgan fingerprint density at radius 2 is 1.30 bits per heavy atom. The van der Waals surface area contributed by atoms with Crippen LogP contribution in [0.1, 0.15) is 16.8 Å². The van der Waals surface area contributed by atoms with Gasteiger partial charge in [-0.15, -0.1) is 0 Å². The summed E-state index contributed by atoms with van der Waals surface area (Å²) in [5.74, 6) is -0.580. The van der Waals surface area contributed by atoms with Gasteiger partial charge in [-0.05, 0) is 47.5 Å². The molecule has 3 rings (SSSR count). The zero-order chi connectivity index (χ0) is 19.1. The fraction of sp³-hybridized carbons (Fsp3) is 0.0455. The lowest BCUT2D eigenvalue weighted by atomic mass is 10.0. The van der Waals surface area contributed by atoms with Gasteiger partial charge in [0.05, 0.1) is 6.07 Å². The Bertz CT molecular complexity index is 973. The van der Waals surface area contributed by atoms with E-state index in [0.717, 1.165) is 11.1 Å². The van der Waals surface area contributed by atoms with Crippen LogP contribution in [0.15, 0.2) is 78.9 Å². The predicted molar refractivity (Wildman–Crippen MR) is 105 cm³/mol. The van der Waals surface area contributed by atoms with Crippen molar-refractivity contribution < 1.29 is 9.59 Å². The third-order valence-electron chi connectivity index (χ3n) is 3.92. The minimum Gasteiger partial charge on any atom is -0.325 e. The van der Waals surface area contributed by atoms with Crippen molar-refractivity contribution in [2.45, 2.75) is 6.42 Å². The van der Waals surface area contributed by atoms with E-state index in [1.165, 1.54) is 0 Å². The van der Waals surface area contributed by atoms with Crippen molar-refractivity contribution in [2.75, 3.05) is 10.6 Å². The van der Waals surface area contributed by atoms with Gasteiger partial charge < -0.3 is 10.6 Å². The summed E-state index contributed by atoms with van der Waals surface area (Å²) in [6.07, 6.45) is -0.197. The first kappa shape index (κ1) is 17.9. The molecule has 5 nitrogen and oxygen atoms in total. The smallest absolute Gasteiger partial charge is 0.255 e. The molecule has 132 valence electrons. The van der Waals surface area contributed by atoms with Crippen LogP contribution in [0.5, 0.6) is 0 Å². The number of amides is 2. The van der Waals surface area contributed by atoms with E-state index in [9.17, 15) is 9.59 Å². The molecule has 27 heavy (non-hydrogen) atoms. The highest BCUT2D eigenvalue weighted by molar-refractivity contribution is 6.04. The molecule has 0 fully saturated rings. The second-order valence-electron chi connectivity index (χ2n) is 5.86. The largest absolute Gasteiger partial charge is 0.325 e. The van der Waals surface area contributed by atoms with Gasteiger partial charge in [0.2, 0.25) is 5.91 Å². The Balaban J connectivity index is 1.63. The van der Waals surface area contributed by atoms with Crippen molar-refractivity contribution in [3.63, 3.8) is 0 Å². The molecule has 0 radical (unpaired) electrons. The Morgan fingerprint density at radius 1 is 0.741 bits per heavy atom. The molecule has 0 aromatic heterocycles. The highest BCUT2D eigenvalue weighted by Crippen LogP contribution is 2.20. The van der Waals surface area contributed by atoms with Gasteiger partial charge in [0.25, 0.3) is 5.91 Å². The summed E-state index contributed by atoms with van der Waals surface area (Å²) in [5.41, 5.74) is 3.88. The van der Waals surface area contributed by atoms with Gasteiger partial charge in [-0.1, -0.05) is 42.5 Å². The van der Waals surface area contributed by atoms with Gasteiger partial charge in [-0.25, -0.2) is 0 Å². The summed E-state index contributed by atoms with van der Waals surface area (Å²) in [7, 11) is 0. The number of rotatable bonds is 5. The molecule has 3 aromatic carbocycles. The molecule has 0 aliphatic carbocycles. The van der Waals surface area contributed by atoms with Crippen LogP contribution in [-0.4, -0.2) is 11.8 Å². The maximum atomic E-state index is 12.4. The number of carbonyl (C=O) groups is 2. The van der Waals surface area contributed by atoms with Crippen molar-refractivity contribution in [3.8, 4) is 17.2 Å². The molecular formula is C22H17N3O2. The van der Waals surface area contributed by atoms with E-state index in [-0.39, 0.29) is 18.2 Å². The third-order valence-corrected chi connectivity index (χ3v) is 3.92. The molecule has 2 N–H and O–H groups in total. The minimum atomic E-state index is -0.368. The number of nitrogens with zero attached hydrogens (tertiary/aromatic N) is 1. The Hall–Kier alpha value is -3.91. The zero-order valence-electron chi connectivity index (χ0n) is 14.5. The molecule has 0 atom stereocenters. The first-order valence-electron chi connectivity index (χ1n) is 8.39. The SMILES string of the molecule is N#CCC(=O)Nc1ccc(NC(=O)c2ccc(-c3ccccc3)cc2)cc1. The fourth-order valence-corrected chi connectivity index (χ4v) is 2.56. The number of benzene rings is 3. The molecule has 5 heteroatoms. The predicted octanol–water partition coefficient (Wildman–Crippen LogP) is 4.46. The Kier molecular flexibility index (Phi) is 5.60. The summed E-state index contributed by atoms with van der Waals surface area (Å²) in [6.45, 7) is 0. The van der Waals surface area contributed by atoms with Crippen molar-refractivity contribution >= 4 is 23.2 Å². The average Bonchev–Trinajstić information content (AvgIpc) is 2.70. The van der Waals surface area contributed by atoms with Crippen molar-refractivity contribution in [2.24, 2.45) is 0 Å². The van der Waals surface area contributed by atoms with E-state index >= 15 is 0 Å². The highest BCUT2D eigenvalue weighted by Gasteiger charge is 2.07. The maximum Gasteiger partial charge on any atom is 0.255 e. The summed E-state index contributed by atoms with van der Waals surface area (Å²) in [5, 5.41) is 13.9. The van der Waals surface area contributed by atoms with Gasteiger partial charge in [-0.2, -0.15) is 5.26 Å². The van der Waals surface area contributed by atoms with Gasteiger partial charge in [0.15, 0.2) is 0 Å². The molecule has 0 bridgehead atoms. The molecule has 2 amide bonds. The van der Waals surface area contributed by atoms with E-state index in [0.29, 0.717) is 16.9 Å². The van der Waals surface area contributed by atoms with Crippen molar-refractivity contribution in [1.82, 2.24) is 0 Å². The molecule has 0 aliphatic heterocycles. The summed E-state index contributed by atoms with van der Waals surface area (Å²) in [6, 6.07) is 25.9. The fourth-order valence-electron chi connectivity index (χ4n) is 2.56. The topological polar surface area (TPSA) is 82.0 Å². The van der Waals surface area contributed by atoms with E-state index in [2.05, 4.69) is 10.6 Å². The highest BCUT2D eigenvalue weighted by atomic mass is 16.2. The molecule has 0 aliphatic rings. The molecule has 0 unspecified atom stereocenters. The standard InChI is InChI=1S/C22H17N3O2/c23-15-14-21(26)24-19-10-12-20(13-11-19)25-22(27)18-8-6-17(7-9-18)16-4-2-1-3-5-16/h1-13H,14H2,(H,24,26)(H,25,27). The van der Waals surface area contributed by atoms with E-state index in [1.54, 1.807) is 42.5 Å². The Labute approximate surface area is 157 Å². The molecule has 0 heterocycles. The van der Waals surface area contributed by atoms with E-state index < -0.39 is 0 Å². The van der Waals surface area contributed by atoms with Crippen molar-refractivity contribution in [1.29, 1.82) is 5.26 Å². The van der Waals surface area contributed by atoms with Crippen LogP contribution in [0.4, 0.5) is 11.4 Å². The first-order valence-corrected chi connectivity index (χ1v) is 8.39. The molecule has 0 spiro atoms. The number of nitrogens with one attached hydrogen (secondary N) is 2. The quantitative estimate of drug-likeness (QED) is 0.709. The van der Waals surface area contributed by atoms with Crippen molar-refractivity contribution in [3.05, 3.63) is 84.4 Å². The Morgan fingerprint density at radius 3 is 1.89 bits per heavy atom. The van der Waals surface area contributed by atoms with Crippen LogP contribution in [-0.2, 0) is 4.79 Å². The molecule has 3 aromatic rings. The van der Waals surface area contributed by atoms with Crippen LogP contribution >= 0.6 is 0 Å². The van der Waals surface area contributed by atoms with E-state index in [4.69, 9.17) is 5.26 Å². The number of nitriles is 1. The summed E-state index contributed by atoms with van der Waals surface area (Å²) >= 11 is 0. The summed E-state index contributed by atoms with van der Waals surface area (Å²) in [4.78, 5) is 23.8. The lowest BCUT2D eigenvalue weighted by Crippen LogP contribution is -2.12. The van der Waals surface area contributed by atoms with Gasteiger partial charge in [0, 0.05) is 16.9 Å². The monoisotopic (exact) mass is 355 g/mol. The molecule has 0 saturated heterocycles. The second-order valence-corrected chi connectivity index (χ2v) is 5.86. The second kappa shape index (κ2) is 8.45. The lowest BCUT2D eigenvalue weighted by Gasteiger charge is -2.08. The van der Waals surface area contributed by atoms with Crippen LogP contribution in [0, 0.1) is 11.3 Å². The van der Waals surface area contributed by atoms with Gasteiger partial charge in [0.1, 0.15) is 6.42 Å². The number of carbonyl (C=O) groups excluding carboxylic acids is 2. The van der Waals surface area contributed by atoms with E-state index in [1.807, 2.05) is 42.5 Å². The first-order chi connectivity index (χ1) is 13.2. The van der Waals surface area contributed by atoms with Gasteiger partial charge >= 0.3 is 0 Å². The number of anilines is 2. The van der Waals surface area contributed by atoms with Crippen LogP contribution in [0.3, 0.4) is 0 Å². The lowest BCUT2D eigenvalue weighted by molar-refractivity contribution is -0.115. The maximum absolute atomic E-state index is 12.4. The third kappa shape index (κ3) is 4.80. The summed E-state index contributed by atoms with van der Waals surface area (Å²) < 4.78 is 0. The van der Waals surface area contributed by atoms with Crippen LogP contribution < -0.4 is 10.6 Å². The average molecular weight is 355 g/mol. The van der Waals surface area contributed by atoms with Crippen LogP contribution in [0.25, 0.3) is 11.1 Å². The number of hydrogen-bond donors (Lipinski definition) is 2. The zero-order valence-corrected chi connectivity index (χ0v) is 14.5. The normalized spacial score (nSPS) is 9.89.